The number of carbonyl (C=O) groups is 1. The van der Waals surface area contributed by atoms with E-state index in [9.17, 15) is 13.2 Å². The lowest BCUT2D eigenvalue weighted by molar-refractivity contribution is 0.102. The minimum Gasteiger partial charge on any atom is -0.322 e. The van der Waals surface area contributed by atoms with E-state index in [1.165, 1.54) is 4.31 Å². The molecule has 4 rings (SSSR count). The van der Waals surface area contributed by atoms with E-state index in [0.29, 0.717) is 23.5 Å². The van der Waals surface area contributed by atoms with E-state index in [2.05, 4.69) is 5.32 Å². The minimum absolute atomic E-state index is 0.178. The highest BCUT2D eigenvalue weighted by molar-refractivity contribution is 7.92. The van der Waals surface area contributed by atoms with Gasteiger partial charge in [-0.05, 0) is 92.8 Å². The molecule has 1 N–H and O–H groups in total. The van der Waals surface area contributed by atoms with E-state index in [1.54, 1.807) is 24.3 Å². The number of benzene rings is 3. The van der Waals surface area contributed by atoms with Crippen LogP contribution in [-0.2, 0) is 16.4 Å². The molecule has 1 aliphatic rings. The van der Waals surface area contributed by atoms with Gasteiger partial charge in [0.2, 0.25) is 0 Å². The van der Waals surface area contributed by atoms with Crippen LogP contribution in [0.15, 0.2) is 65.6 Å². The summed E-state index contributed by atoms with van der Waals surface area (Å²) in [5.41, 5.74) is 6.08. The maximum Gasteiger partial charge on any atom is 0.264 e. The van der Waals surface area contributed by atoms with Crippen molar-refractivity contribution in [3.05, 3.63) is 88.5 Å². The third-order valence-corrected chi connectivity index (χ3v) is 7.62. The Labute approximate surface area is 183 Å². The maximum atomic E-state index is 13.2. The highest BCUT2D eigenvalue weighted by Gasteiger charge is 2.29. The maximum absolute atomic E-state index is 13.2. The Morgan fingerprint density at radius 2 is 1.65 bits per heavy atom. The van der Waals surface area contributed by atoms with Crippen molar-refractivity contribution in [3.63, 3.8) is 0 Å². The van der Waals surface area contributed by atoms with Crippen LogP contribution in [0.1, 0.15) is 39.0 Å². The molecule has 5 nitrogen and oxygen atoms in total. The highest BCUT2D eigenvalue weighted by atomic mass is 32.2. The first kappa shape index (κ1) is 21.1. The van der Waals surface area contributed by atoms with Crippen molar-refractivity contribution in [1.82, 2.24) is 0 Å². The Morgan fingerprint density at radius 3 is 2.35 bits per heavy atom. The first-order valence-electron chi connectivity index (χ1n) is 10.4. The van der Waals surface area contributed by atoms with Gasteiger partial charge in [-0.1, -0.05) is 23.8 Å². The number of carbonyl (C=O) groups excluding carboxylic acids is 1. The van der Waals surface area contributed by atoms with Gasteiger partial charge in [-0.2, -0.15) is 0 Å². The number of hydrogen-bond donors (Lipinski definition) is 1. The number of fused-ring (bicyclic) bond motifs is 1. The zero-order chi connectivity index (χ0) is 22.2. The molecule has 0 spiro atoms. The predicted molar refractivity (Wildman–Crippen MR) is 124 cm³/mol. The lowest BCUT2D eigenvalue weighted by atomic mass is 10.0. The van der Waals surface area contributed by atoms with E-state index < -0.39 is 10.0 Å². The fourth-order valence-electron chi connectivity index (χ4n) is 3.81. The van der Waals surface area contributed by atoms with Crippen LogP contribution >= 0.6 is 0 Å². The summed E-state index contributed by atoms with van der Waals surface area (Å²) in [6, 6.07) is 18.0. The SMILES string of the molecule is Cc1ccc(S(=O)(=O)N2CCCc3cc(NC(=O)c4ccc(C)c(C)c4)ccc32)cc1. The Bertz CT molecular complexity index is 1250. The van der Waals surface area contributed by atoms with Gasteiger partial charge in [0.05, 0.1) is 10.6 Å². The van der Waals surface area contributed by atoms with Crippen LogP contribution in [0.25, 0.3) is 0 Å². The van der Waals surface area contributed by atoms with Gasteiger partial charge in [-0.15, -0.1) is 0 Å². The standard InChI is InChI=1S/C25H26N2O3S/c1-17-6-11-23(12-7-17)31(29,30)27-14-4-5-20-16-22(10-13-24(20)27)26-25(28)21-9-8-18(2)19(3)15-21/h6-13,15-16H,4-5,14H2,1-3H3,(H,26,28). The lowest BCUT2D eigenvalue weighted by Gasteiger charge is -2.31. The first-order valence-corrected chi connectivity index (χ1v) is 11.8. The molecule has 0 aliphatic carbocycles. The Balaban J connectivity index is 1.60. The van der Waals surface area contributed by atoms with Gasteiger partial charge >= 0.3 is 0 Å². The molecule has 1 aliphatic heterocycles. The van der Waals surface area contributed by atoms with Gasteiger partial charge in [-0.3, -0.25) is 9.10 Å². The number of nitrogens with zero attached hydrogens (tertiary/aromatic N) is 1. The summed E-state index contributed by atoms with van der Waals surface area (Å²) in [6.45, 7) is 6.36. The normalized spacial score (nSPS) is 13.6. The summed E-state index contributed by atoms with van der Waals surface area (Å²) in [6.07, 6.45) is 1.50. The summed E-state index contributed by atoms with van der Waals surface area (Å²) >= 11 is 0. The molecule has 0 unspecified atom stereocenters. The van der Waals surface area contributed by atoms with E-state index in [1.807, 2.05) is 57.2 Å². The smallest absolute Gasteiger partial charge is 0.264 e. The fourth-order valence-corrected chi connectivity index (χ4v) is 5.35. The molecule has 31 heavy (non-hydrogen) atoms. The Hall–Kier alpha value is -3.12. The summed E-state index contributed by atoms with van der Waals surface area (Å²) in [7, 11) is -3.63. The molecule has 0 saturated heterocycles. The third-order valence-electron chi connectivity index (χ3n) is 5.79. The average Bonchev–Trinajstić information content (AvgIpc) is 2.75. The van der Waals surface area contributed by atoms with Crippen molar-refractivity contribution in [1.29, 1.82) is 0 Å². The zero-order valence-electron chi connectivity index (χ0n) is 18.0. The molecule has 0 bridgehead atoms. The Kier molecular flexibility index (Phi) is 5.58. The number of sulfonamides is 1. The van der Waals surface area contributed by atoms with Crippen molar-refractivity contribution in [2.24, 2.45) is 0 Å². The molecule has 3 aromatic carbocycles. The summed E-state index contributed by atoms with van der Waals surface area (Å²) in [4.78, 5) is 13.0. The van der Waals surface area contributed by atoms with Crippen LogP contribution in [0.5, 0.6) is 0 Å². The molecule has 6 heteroatoms. The van der Waals surface area contributed by atoms with Crippen LogP contribution < -0.4 is 9.62 Å². The van der Waals surface area contributed by atoms with Gasteiger partial charge in [0, 0.05) is 17.8 Å². The van der Waals surface area contributed by atoms with E-state index in [-0.39, 0.29) is 10.8 Å². The quantitative estimate of drug-likeness (QED) is 0.628. The van der Waals surface area contributed by atoms with Crippen LogP contribution in [0.3, 0.4) is 0 Å². The van der Waals surface area contributed by atoms with E-state index in [4.69, 9.17) is 0 Å². The second-order valence-corrected chi connectivity index (χ2v) is 9.95. The molecule has 1 heterocycles. The van der Waals surface area contributed by atoms with Gasteiger partial charge in [0.25, 0.3) is 15.9 Å². The molecule has 0 aromatic heterocycles. The van der Waals surface area contributed by atoms with Gasteiger partial charge in [0.1, 0.15) is 0 Å². The van der Waals surface area contributed by atoms with Crippen LogP contribution in [-0.4, -0.2) is 20.9 Å². The van der Waals surface area contributed by atoms with Crippen molar-refractivity contribution in [2.75, 3.05) is 16.2 Å². The van der Waals surface area contributed by atoms with Gasteiger partial charge < -0.3 is 5.32 Å². The molecular formula is C25H26N2O3S. The van der Waals surface area contributed by atoms with Gasteiger partial charge in [0.15, 0.2) is 0 Å². The van der Waals surface area contributed by atoms with Crippen LogP contribution in [0.4, 0.5) is 11.4 Å². The lowest BCUT2D eigenvalue weighted by Crippen LogP contribution is -2.35. The molecule has 0 atom stereocenters. The summed E-state index contributed by atoms with van der Waals surface area (Å²) in [5.74, 6) is -0.178. The minimum atomic E-state index is -3.63. The van der Waals surface area contributed by atoms with Crippen LogP contribution in [0.2, 0.25) is 0 Å². The number of rotatable bonds is 4. The number of hydrogen-bond acceptors (Lipinski definition) is 3. The molecule has 3 aromatic rings. The van der Waals surface area contributed by atoms with Crippen LogP contribution in [0, 0.1) is 20.8 Å². The largest absolute Gasteiger partial charge is 0.322 e. The first-order chi connectivity index (χ1) is 14.8. The molecule has 0 fully saturated rings. The zero-order valence-corrected chi connectivity index (χ0v) is 18.8. The molecule has 1 amide bonds. The highest BCUT2D eigenvalue weighted by Crippen LogP contribution is 2.34. The van der Waals surface area contributed by atoms with Crippen molar-refractivity contribution >= 4 is 27.3 Å². The number of amides is 1. The number of nitrogens with one attached hydrogen (secondary N) is 1. The second kappa shape index (κ2) is 8.19. The molecular weight excluding hydrogens is 408 g/mol. The molecule has 0 radical (unpaired) electrons. The number of anilines is 2. The fraction of sp³-hybridized carbons (Fsp3) is 0.240. The molecule has 160 valence electrons. The average molecular weight is 435 g/mol. The Morgan fingerprint density at radius 1 is 0.903 bits per heavy atom. The topological polar surface area (TPSA) is 66.5 Å². The second-order valence-electron chi connectivity index (χ2n) is 8.09. The number of aryl methyl sites for hydroxylation is 4. The molecule has 0 saturated carbocycles. The predicted octanol–water partition coefficient (Wildman–Crippen LogP) is 5.01. The van der Waals surface area contributed by atoms with Crippen molar-refractivity contribution in [2.45, 2.75) is 38.5 Å². The van der Waals surface area contributed by atoms with E-state index >= 15 is 0 Å². The van der Waals surface area contributed by atoms with E-state index in [0.717, 1.165) is 35.1 Å². The monoisotopic (exact) mass is 434 g/mol. The van der Waals surface area contributed by atoms with Crippen molar-refractivity contribution < 1.29 is 13.2 Å². The van der Waals surface area contributed by atoms with Gasteiger partial charge in [-0.25, -0.2) is 8.42 Å². The van der Waals surface area contributed by atoms with Crippen molar-refractivity contribution in [3.8, 4) is 0 Å². The third kappa shape index (κ3) is 4.21. The summed E-state index contributed by atoms with van der Waals surface area (Å²) in [5, 5.41) is 2.94. The summed E-state index contributed by atoms with van der Waals surface area (Å²) < 4.78 is 27.9.